The molecule has 0 amide bonds. The van der Waals surface area contributed by atoms with Crippen LogP contribution in [0.1, 0.15) is 5.56 Å². The van der Waals surface area contributed by atoms with E-state index >= 15 is 0 Å². The minimum Gasteiger partial charge on any atom is -0.384 e. The van der Waals surface area contributed by atoms with E-state index in [1.165, 1.54) is 18.2 Å². The van der Waals surface area contributed by atoms with E-state index in [1.54, 1.807) is 0 Å². The summed E-state index contributed by atoms with van der Waals surface area (Å²) < 4.78 is 38.0. The Labute approximate surface area is 104 Å². The van der Waals surface area contributed by atoms with E-state index < -0.39 is 28.2 Å². The molecule has 7 heteroatoms. The molecule has 0 atom stereocenters. The third-order valence-corrected chi connectivity index (χ3v) is 2.85. The topological polar surface area (TPSA) is 90.2 Å². The number of hydrogen-bond acceptors (Lipinski definition) is 4. The lowest BCUT2D eigenvalue weighted by molar-refractivity contribution is 0.350. The molecule has 0 radical (unpaired) electrons. The molecule has 0 heterocycles. The smallest absolute Gasteiger partial charge is 0.246 e. The predicted molar refractivity (Wildman–Crippen MR) is 63.4 cm³/mol. The Morgan fingerprint density at radius 1 is 1.44 bits per heavy atom. The van der Waals surface area contributed by atoms with E-state index in [0.29, 0.717) is 0 Å². The van der Waals surface area contributed by atoms with Crippen molar-refractivity contribution in [3.05, 3.63) is 29.6 Å². The van der Waals surface area contributed by atoms with Gasteiger partial charge in [-0.3, -0.25) is 4.72 Å². The maximum absolute atomic E-state index is 13.3. The summed E-state index contributed by atoms with van der Waals surface area (Å²) in [6, 6.07) is 4.95. The molecule has 1 rings (SSSR count). The molecule has 0 saturated carbocycles. The second kappa shape index (κ2) is 6.01. The van der Waals surface area contributed by atoms with E-state index in [4.69, 9.17) is 10.4 Å². The second-order valence-electron chi connectivity index (χ2n) is 3.17. The zero-order valence-corrected chi connectivity index (χ0v) is 9.96. The highest BCUT2D eigenvalue weighted by atomic mass is 32.2. The first-order valence-electron chi connectivity index (χ1n) is 4.75. The van der Waals surface area contributed by atoms with E-state index in [0.717, 1.165) is 6.07 Å². The van der Waals surface area contributed by atoms with Gasteiger partial charge in [-0.05, 0) is 18.2 Å². The Morgan fingerprint density at radius 3 is 2.78 bits per heavy atom. The highest BCUT2D eigenvalue weighted by molar-refractivity contribution is 7.92. The van der Waals surface area contributed by atoms with Gasteiger partial charge < -0.3 is 5.11 Å². The number of nitrogens with one attached hydrogen (secondary N) is 1. The third kappa shape index (κ3) is 4.06. The summed E-state index contributed by atoms with van der Waals surface area (Å²) in [6.07, 6.45) is 0. The second-order valence-corrected chi connectivity index (χ2v) is 4.90. The van der Waals surface area contributed by atoms with Crippen molar-refractivity contribution in [2.24, 2.45) is 0 Å². The minimum absolute atomic E-state index is 0.0405. The van der Waals surface area contributed by atoms with Crippen LogP contribution < -0.4 is 4.72 Å². The number of aliphatic hydroxyl groups excluding tert-OH is 1. The minimum atomic E-state index is -3.77. The van der Waals surface area contributed by atoms with Gasteiger partial charge >= 0.3 is 0 Å². The first-order valence-corrected chi connectivity index (χ1v) is 6.40. The largest absolute Gasteiger partial charge is 0.384 e. The molecule has 1 aromatic carbocycles. The average Bonchev–Trinajstić information content (AvgIpc) is 2.29. The van der Waals surface area contributed by atoms with Crippen LogP contribution in [0.2, 0.25) is 0 Å². The quantitative estimate of drug-likeness (QED) is 0.778. The van der Waals surface area contributed by atoms with Crippen molar-refractivity contribution in [3.8, 4) is 17.9 Å². The Kier molecular flexibility index (Phi) is 4.67. The van der Waals surface area contributed by atoms with Crippen molar-refractivity contribution < 1.29 is 17.9 Å². The van der Waals surface area contributed by atoms with Gasteiger partial charge in [0.2, 0.25) is 10.0 Å². The van der Waals surface area contributed by atoms with Crippen molar-refractivity contribution in [2.45, 2.75) is 0 Å². The van der Waals surface area contributed by atoms with Crippen LogP contribution in [-0.2, 0) is 10.0 Å². The first-order chi connectivity index (χ1) is 8.48. The summed E-state index contributed by atoms with van der Waals surface area (Å²) in [6.45, 7) is -0.427. The summed E-state index contributed by atoms with van der Waals surface area (Å²) in [5, 5.41) is 16.8. The predicted octanol–water partition coefficient (Wildman–Crippen LogP) is 0.435. The molecule has 0 aromatic heterocycles. The Morgan fingerprint density at radius 2 is 2.17 bits per heavy atom. The molecule has 0 spiro atoms. The monoisotopic (exact) mass is 268 g/mol. The molecule has 18 heavy (non-hydrogen) atoms. The zero-order chi connectivity index (χ0) is 13.6. The molecule has 1 aromatic rings. The molecule has 94 valence electrons. The molecule has 5 nitrogen and oxygen atoms in total. The van der Waals surface area contributed by atoms with Crippen LogP contribution in [0, 0.1) is 29.0 Å². The summed E-state index contributed by atoms with van der Waals surface area (Å²) in [5.41, 5.74) is 0.0649. The van der Waals surface area contributed by atoms with Crippen LogP contribution in [0.15, 0.2) is 18.2 Å². The van der Waals surface area contributed by atoms with Gasteiger partial charge in [-0.25, -0.2) is 12.8 Å². The van der Waals surface area contributed by atoms with Gasteiger partial charge in [0.15, 0.2) is 5.75 Å². The molecule has 0 fully saturated rings. The normalized spacial score (nSPS) is 10.1. The number of halogens is 1. The molecule has 0 aliphatic rings. The summed E-state index contributed by atoms with van der Waals surface area (Å²) in [5.74, 6) is 3.28. The molecule has 0 aliphatic carbocycles. The van der Waals surface area contributed by atoms with Crippen LogP contribution in [0.3, 0.4) is 0 Å². The van der Waals surface area contributed by atoms with E-state index in [-0.39, 0.29) is 11.3 Å². The van der Waals surface area contributed by atoms with Gasteiger partial charge in [0.1, 0.15) is 12.4 Å². The van der Waals surface area contributed by atoms with Crippen molar-refractivity contribution in [1.29, 1.82) is 5.26 Å². The molecule has 2 N–H and O–H groups in total. The Hall–Kier alpha value is -2.09. The lowest BCUT2D eigenvalue weighted by atomic mass is 10.2. The van der Waals surface area contributed by atoms with Gasteiger partial charge in [-0.2, -0.15) is 5.26 Å². The summed E-state index contributed by atoms with van der Waals surface area (Å²) in [7, 11) is -3.77. The van der Waals surface area contributed by atoms with E-state index in [1.807, 2.05) is 0 Å². The van der Waals surface area contributed by atoms with Gasteiger partial charge in [-0.1, -0.05) is 11.8 Å². The molecular weight excluding hydrogens is 259 g/mol. The first kappa shape index (κ1) is 14.0. The third-order valence-electron chi connectivity index (χ3n) is 1.80. The highest BCUT2D eigenvalue weighted by Gasteiger charge is 2.10. The van der Waals surface area contributed by atoms with Gasteiger partial charge in [0, 0.05) is 5.69 Å². The zero-order valence-electron chi connectivity index (χ0n) is 9.14. The molecule has 0 unspecified atom stereocenters. The SMILES string of the molecule is N#CCS(=O)(=O)Nc1ccc(F)c(C#CCO)c1. The van der Waals surface area contributed by atoms with E-state index in [9.17, 15) is 12.8 Å². The maximum Gasteiger partial charge on any atom is 0.246 e. The number of nitrogens with zero attached hydrogens (tertiary/aromatic N) is 1. The fraction of sp³-hybridized carbons (Fsp3) is 0.182. The lowest BCUT2D eigenvalue weighted by Gasteiger charge is -2.05. The molecule has 0 aliphatic heterocycles. The van der Waals surface area contributed by atoms with Crippen molar-refractivity contribution in [3.63, 3.8) is 0 Å². The number of rotatable bonds is 3. The van der Waals surface area contributed by atoms with Crippen LogP contribution in [0.4, 0.5) is 10.1 Å². The Bertz CT molecular complexity index is 638. The number of sulfonamides is 1. The van der Waals surface area contributed by atoms with Crippen molar-refractivity contribution >= 4 is 15.7 Å². The van der Waals surface area contributed by atoms with Gasteiger partial charge in [0.05, 0.1) is 11.6 Å². The van der Waals surface area contributed by atoms with Crippen LogP contribution in [0.25, 0.3) is 0 Å². The maximum atomic E-state index is 13.3. The van der Waals surface area contributed by atoms with Crippen LogP contribution in [-0.4, -0.2) is 25.9 Å². The van der Waals surface area contributed by atoms with Crippen LogP contribution in [0.5, 0.6) is 0 Å². The lowest BCUT2D eigenvalue weighted by Crippen LogP contribution is -2.15. The van der Waals surface area contributed by atoms with Crippen LogP contribution >= 0.6 is 0 Å². The molecular formula is C11H9FN2O3S. The number of hydrogen-bond donors (Lipinski definition) is 2. The van der Waals surface area contributed by atoms with Crippen molar-refractivity contribution in [1.82, 2.24) is 0 Å². The highest BCUT2D eigenvalue weighted by Crippen LogP contribution is 2.15. The molecule has 0 saturated heterocycles. The average molecular weight is 268 g/mol. The fourth-order valence-corrected chi connectivity index (χ4v) is 1.85. The summed E-state index contributed by atoms with van der Waals surface area (Å²) in [4.78, 5) is 0. The standard InChI is InChI=1S/C11H9FN2O3S/c12-11-4-3-10(8-9(11)2-1-6-15)14-18(16,17)7-5-13/h3-4,8,14-15H,6-7H2. The number of aliphatic hydroxyl groups is 1. The van der Waals surface area contributed by atoms with E-state index in [2.05, 4.69) is 16.6 Å². The van der Waals surface area contributed by atoms with Crippen molar-refractivity contribution in [2.75, 3.05) is 17.1 Å². The molecule has 0 bridgehead atoms. The number of benzene rings is 1. The number of nitriles is 1. The fourth-order valence-electron chi connectivity index (χ4n) is 1.12. The number of anilines is 1. The van der Waals surface area contributed by atoms with Gasteiger partial charge in [-0.15, -0.1) is 0 Å². The summed E-state index contributed by atoms with van der Waals surface area (Å²) >= 11 is 0. The van der Waals surface area contributed by atoms with Gasteiger partial charge in [0.25, 0.3) is 0 Å². The Balaban J connectivity index is 3.03.